The van der Waals surface area contributed by atoms with E-state index in [0.29, 0.717) is 18.1 Å². The van der Waals surface area contributed by atoms with Crippen molar-refractivity contribution in [1.82, 2.24) is 20.2 Å². The molecule has 0 saturated carbocycles. The van der Waals surface area contributed by atoms with E-state index in [-0.39, 0.29) is 18.0 Å². The number of aryl methyl sites for hydroxylation is 1. The van der Waals surface area contributed by atoms with Gasteiger partial charge in [0.1, 0.15) is 11.8 Å². The minimum atomic E-state index is -0.603. The van der Waals surface area contributed by atoms with E-state index in [9.17, 15) is 4.79 Å². The summed E-state index contributed by atoms with van der Waals surface area (Å²) in [7, 11) is 0. The average molecular weight is 331 g/mol. The van der Waals surface area contributed by atoms with Gasteiger partial charge in [0.15, 0.2) is 5.82 Å². The van der Waals surface area contributed by atoms with Crippen LogP contribution in [0.25, 0.3) is 11.5 Å². The quantitative estimate of drug-likeness (QED) is 0.835. The van der Waals surface area contributed by atoms with Crippen molar-refractivity contribution in [3.8, 4) is 11.5 Å². The van der Waals surface area contributed by atoms with E-state index in [1.54, 1.807) is 6.92 Å². The van der Waals surface area contributed by atoms with Crippen molar-refractivity contribution < 1.29 is 14.3 Å². The molecule has 3 rings (SSSR count). The highest BCUT2D eigenvalue weighted by Crippen LogP contribution is 2.15. The van der Waals surface area contributed by atoms with Crippen molar-refractivity contribution in [1.29, 1.82) is 0 Å². The number of nitrogens with one attached hydrogen (secondary N) is 2. The maximum atomic E-state index is 12.1. The predicted octanol–water partition coefficient (Wildman–Crippen LogP) is 1.70. The predicted molar refractivity (Wildman–Crippen MR) is 87.4 cm³/mol. The normalized spacial score (nSPS) is 18.5. The highest BCUT2D eigenvalue weighted by molar-refractivity contribution is 5.92. The molecule has 2 aromatic heterocycles. The molecule has 0 radical (unpaired) electrons. The summed E-state index contributed by atoms with van der Waals surface area (Å²) in [5, 5.41) is 9.40. The molecule has 1 saturated heterocycles. The van der Waals surface area contributed by atoms with Crippen LogP contribution in [0, 0.1) is 6.92 Å². The van der Waals surface area contributed by atoms with Crippen LogP contribution in [-0.2, 0) is 14.3 Å². The lowest BCUT2D eigenvalue weighted by molar-refractivity contribution is -0.128. The molecule has 8 heteroatoms. The van der Waals surface area contributed by atoms with Gasteiger partial charge >= 0.3 is 0 Å². The molecule has 1 fully saturated rings. The summed E-state index contributed by atoms with van der Waals surface area (Å²) >= 11 is 0. The summed E-state index contributed by atoms with van der Waals surface area (Å²) in [5.41, 5.74) is 1.55. The molecule has 8 nitrogen and oxygen atoms in total. The number of anilines is 1. The largest absolute Gasteiger partial charge is 0.376 e. The molecule has 2 aromatic rings. The van der Waals surface area contributed by atoms with E-state index >= 15 is 0 Å². The van der Waals surface area contributed by atoms with Crippen LogP contribution < -0.4 is 5.32 Å². The lowest BCUT2D eigenvalue weighted by atomic mass is 10.2. The molecule has 0 spiro atoms. The fraction of sp³-hybridized carbons (Fsp3) is 0.500. The lowest BCUT2D eigenvalue weighted by Gasteiger charge is -2.15. The van der Waals surface area contributed by atoms with Gasteiger partial charge in [0.05, 0.1) is 12.7 Å². The maximum absolute atomic E-state index is 12.1. The summed E-state index contributed by atoms with van der Waals surface area (Å²) in [6, 6.07) is 5.61. The van der Waals surface area contributed by atoms with E-state index in [4.69, 9.17) is 9.47 Å². The molecule has 2 atom stereocenters. The number of carbonyl (C=O) groups excluding carboxylic acids is 1. The van der Waals surface area contributed by atoms with E-state index in [1.807, 2.05) is 25.1 Å². The zero-order valence-electron chi connectivity index (χ0n) is 13.8. The van der Waals surface area contributed by atoms with Crippen LogP contribution in [0.4, 0.5) is 5.95 Å². The first-order valence-corrected chi connectivity index (χ1v) is 8.02. The van der Waals surface area contributed by atoms with Crippen molar-refractivity contribution >= 4 is 11.9 Å². The SMILES string of the molecule is Cc1cccc(-c2nc(NC(=O)C(C)OCC3CCCO3)n[nH]2)n1. The summed E-state index contributed by atoms with van der Waals surface area (Å²) < 4.78 is 11.0. The van der Waals surface area contributed by atoms with E-state index < -0.39 is 6.10 Å². The number of aromatic nitrogens is 4. The van der Waals surface area contributed by atoms with Crippen molar-refractivity contribution in [2.24, 2.45) is 0 Å². The Morgan fingerprint density at radius 1 is 1.50 bits per heavy atom. The number of amides is 1. The molecule has 24 heavy (non-hydrogen) atoms. The van der Waals surface area contributed by atoms with Crippen molar-refractivity contribution in [2.45, 2.75) is 38.9 Å². The number of ether oxygens (including phenoxy) is 2. The Balaban J connectivity index is 1.54. The van der Waals surface area contributed by atoms with Crippen LogP contribution in [-0.4, -0.2) is 51.5 Å². The lowest BCUT2D eigenvalue weighted by Crippen LogP contribution is -2.30. The number of aromatic amines is 1. The van der Waals surface area contributed by atoms with Gasteiger partial charge in [-0.2, -0.15) is 4.98 Å². The number of hydrogen-bond acceptors (Lipinski definition) is 6. The zero-order chi connectivity index (χ0) is 16.9. The minimum absolute atomic E-state index is 0.0859. The molecule has 0 aromatic carbocycles. The monoisotopic (exact) mass is 331 g/mol. The van der Waals surface area contributed by atoms with E-state index in [0.717, 1.165) is 25.1 Å². The summed E-state index contributed by atoms with van der Waals surface area (Å²) in [5.74, 6) is 0.406. The molecule has 1 aliphatic rings. The molecule has 2 N–H and O–H groups in total. The smallest absolute Gasteiger partial charge is 0.255 e. The van der Waals surface area contributed by atoms with Crippen molar-refractivity contribution in [3.05, 3.63) is 23.9 Å². The summed E-state index contributed by atoms with van der Waals surface area (Å²) in [6.45, 7) is 4.78. The van der Waals surface area contributed by atoms with Gasteiger partial charge in [-0.15, -0.1) is 5.10 Å². The van der Waals surface area contributed by atoms with Gasteiger partial charge in [0, 0.05) is 12.3 Å². The number of carbonyl (C=O) groups is 1. The van der Waals surface area contributed by atoms with Gasteiger partial charge in [-0.1, -0.05) is 6.07 Å². The van der Waals surface area contributed by atoms with Gasteiger partial charge in [-0.25, -0.2) is 4.98 Å². The molecular weight excluding hydrogens is 310 g/mol. The van der Waals surface area contributed by atoms with Gasteiger partial charge in [-0.3, -0.25) is 15.2 Å². The first-order chi connectivity index (χ1) is 11.6. The Kier molecular flexibility index (Phi) is 5.17. The number of nitrogens with zero attached hydrogens (tertiary/aromatic N) is 3. The Morgan fingerprint density at radius 2 is 2.38 bits per heavy atom. The molecule has 0 aliphatic carbocycles. The zero-order valence-corrected chi connectivity index (χ0v) is 13.8. The Hall–Kier alpha value is -2.32. The third-order valence-corrected chi connectivity index (χ3v) is 3.78. The number of H-pyrrole nitrogens is 1. The van der Waals surface area contributed by atoms with Crippen LogP contribution >= 0.6 is 0 Å². The fourth-order valence-electron chi connectivity index (χ4n) is 2.42. The Bertz CT molecular complexity index is 697. The first-order valence-electron chi connectivity index (χ1n) is 8.02. The van der Waals surface area contributed by atoms with E-state index in [2.05, 4.69) is 25.5 Å². The third kappa shape index (κ3) is 4.15. The molecule has 0 bridgehead atoms. The third-order valence-electron chi connectivity index (χ3n) is 3.78. The Morgan fingerprint density at radius 3 is 3.12 bits per heavy atom. The summed E-state index contributed by atoms with van der Waals surface area (Å²) in [6.07, 6.45) is 1.50. The highest BCUT2D eigenvalue weighted by atomic mass is 16.5. The second-order valence-electron chi connectivity index (χ2n) is 5.77. The van der Waals surface area contributed by atoms with Crippen molar-refractivity contribution in [2.75, 3.05) is 18.5 Å². The van der Waals surface area contributed by atoms with Gasteiger partial charge < -0.3 is 9.47 Å². The van der Waals surface area contributed by atoms with Crippen LogP contribution in [0.15, 0.2) is 18.2 Å². The van der Waals surface area contributed by atoms with Gasteiger partial charge in [-0.05, 0) is 38.8 Å². The maximum Gasteiger partial charge on any atom is 0.255 e. The second kappa shape index (κ2) is 7.50. The number of rotatable bonds is 6. The van der Waals surface area contributed by atoms with Crippen LogP contribution in [0.5, 0.6) is 0 Å². The topological polar surface area (TPSA) is 102 Å². The molecule has 3 heterocycles. The van der Waals surface area contributed by atoms with Crippen LogP contribution in [0.1, 0.15) is 25.5 Å². The first kappa shape index (κ1) is 16.5. The molecule has 1 amide bonds. The summed E-state index contributed by atoms with van der Waals surface area (Å²) in [4.78, 5) is 20.7. The molecule has 128 valence electrons. The van der Waals surface area contributed by atoms with E-state index in [1.165, 1.54) is 0 Å². The van der Waals surface area contributed by atoms with Gasteiger partial charge in [0.25, 0.3) is 5.91 Å². The van der Waals surface area contributed by atoms with Crippen LogP contribution in [0.2, 0.25) is 0 Å². The fourth-order valence-corrected chi connectivity index (χ4v) is 2.42. The van der Waals surface area contributed by atoms with Crippen molar-refractivity contribution in [3.63, 3.8) is 0 Å². The second-order valence-corrected chi connectivity index (χ2v) is 5.77. The Labute approximate surface area is 140 Å². The number of pyridine rings is 1. The minimum Gasteiger partial charge on any atom is -0.376 e. The average Bonchev–Trinajstić information content (AvgIpc) is 3.24. The molecular formula is C16H21N5O3. The van der Waals surface area contributed by atoms with Crippen LogP contribution in [0.3, 0.4) is 0 Å². The van der Waals surface area contributed by atoms with Gasteiger partial charge in [0.2, 0.25) is 5.95 Å². The highest BCUT2D eigenvalue weighted by Gasteiger charge is 2.21. The number of hydrogen-bond donors (Lipinski definition) is 2. The molecule has 1 aliphatic heterocycles. The molecule has 2 unspecified atom stereocenters. The standard InChI is InChI=1S/C16H21N5O3/c1-10-5-3-7-13(17-10)14-18-16(21-20-14)19-15(22)11(2)24-9-12-6-4-8-23-12/h3,5,7,11-12H,4,6,8-9H2,1-2H3,(H2,18,19,20,21,22).